The van der Waals surface area contributed by atoms with E-state index in [0.717, 1.165) is 6.04 Å². The van der Waals surface area contributed by atoms with Crippen LogP contribution in [-0.4, -0.2) is 30.6 Å². The number of rotatable bonds is 1. The first kappa shape index (κ1) is 6.23. The second kappa shape index (κ2) is 2.27. The van der Waals surface area contributed by atoms with Gasteiger partial charge in [0.2, 0.25) is 0 Å². The SMILES string of the molecule is C=C1CCCN1C1CNC1. The summed E-state index contributed by atoms with van der Waals surface area (Å²) in [6.07, 6.45) is 2.53. The van der Waals surface area contributed by atoms with Crippen molar-refractivity contribution in [3.63, 3.8) is 0 Å². The molecule has 0 bridgehead atoms. The Bertz CT molecular complexity index is 149. The number of nitrogens with one attached hydrogen (secondary N) is 1. The van der Waals surface area contributed by atoms with Crippen molar-refractivity contribution in [1.29, 1.82) is 0 Å². The second-order valence-corrected chi connectivity index (χ2v) is 3.18. The Hall–Kier alpha value is -0.500. The Kier molecular flexibility index (Phi) is 1.42. The summed E-state index contributed by atoms with van der Waals surface area (Å²) in [6, 6.07) is 0.773. The van der Waals surface area contributed by atoms with Gasteiger partial charge in [-0.1, -0.05) is 6.58 Å². The molecule has 1 N–H and O–H groups in total. The van der Waals surface area contributed by atoms with E-state index in [9.17, 15) is 0 Å². The highest BCUT2D eigenvalue weighted by atomic mass is 15.2. The van der Waals surface area contributed by atoms with Gasteiger partial charge < -0.3 is 10.2 Å². The highest BCUT2D eigenvalue weighted by molar-refractivity contribution is 5.05. The van der Waals surface area contributed by atoms with Crippen molar-refractivity contribution in [3.8, 4) is 0 Å². The fraction of sp³-hybridized carbons (Fsp3) is 0.750. The molecule has 0 aromatic rings. The van der Waals surface area contributed by atoms with E-state index < -0.39 is 0 Å². The van der Waals surface area contributed by atoms with Crippen molar-refractivity contribution >= 4 is 0 Å². The van der Waals surface area contributed by atoms with Gasteiger partial charge in [-0.2, -0.15) is 0 Å². The van der Waals surface area contributed by atoms with Gasteiger partial charge in [0.15, 0.2) is 0 Å². The number of allylic oxidation sites excluding steroid dienone is 1. The van der Waals surface area contributed by atoms with Crippen molar-refractivity contribution in [3.05, 3.63) is 12.3 Å². The van der Waals surface area contributed by atoms with Crippen molar-refractivity contribution in [2.24, 2.45) is 0 Å². The lowest BCUT2D eigenvalue weighted by Crippen LogP contribution is -2.55. The van der Waals surface area contributed by atoms with Gasteiger partial charge in [0.1, 0.15) is 0 Å². The predicted octanol–water partition coefficient (Wildman–Crippen LogP) is 0.568. The third kappa shape index (κ3) is 0.833. The van der Waals surface area contributed by atoms with E-state index in [1.54, 1.807) is 0 Å². The zero-order chi connectivity index (χ0) is 6.97. The molecule has 56 valence electrons. The average Bonchev–Trinajstić information content (AvgIpc) is 2.12. The van der Waals surface area contributed by atoms with Crippen LogP contribution in [-0.2, 0) is 0 Å². The molecule has 2 fully saturated rings. The van der Waals surface area contributed by atoms with Crippen LogP contribution in [0.5, 0.6) is 0 Å². The highest BCUT2D eigenvalue weighted by Crippen LogP contribution is 2.22. The van der Waals surface area contributed by atoms with Crippen molar-refractivity contribution in [2.75, 3.05) is 19.6 Å². The molecule has 2 heterocycles. The molecule has 2 aliphatic heterocycles. The molecule has 0 atom stereocenters. The molecule has 2 nitrogen and oxygen atoms in total. The van der Waals surface area contributed by atoms with Crippen LogP contribution in [0.4, 0.5) is 0 Å². The summed E-state index contributed by atoms with van der Waals surface area (Å²) in [5.74, 6) is 0. The summed E-state index contributed by atoms with van der Waals surface area (Å²) < 4.78 is 0. The van der Waals surface area contributed by atoms with Crippen LogP contribution < -0.4 is 5.32 Å². The summed E-state index contributed by atoms with van der Waals surface area (Å²) in [5, 5.41) is 3.28. The Morgan fingerprint density at radius 2 is 2.30 bits per heavy atom. The molecule has 0 spiro atoms. The third-order valence-corrected chi connectivity index (χ3v) is 2.47. The maximum Gasteiger partial charge on any atom is 0.0535 e. The molecule has 0 aromatic carbocycles. The summed E-state index contributed by atoms with van der Waals surface area (Å²) in [7, 11) is 0. The number of nitrogens with zero attached hydrogens (tertiary/aromatic N) is 1. The second-order valence-electron chi connectivity index (χ2n) is 3.18. The Balaban J connectivity index is 1.96. The largest absolute Gasteiger partial charge is 0.370 e. The zero-order valence-corrected chi connectivity index (χ0v) is 6.27. The van der Waals surface area contributed by atoms with Crippen LogP contribution >= 0.6 is 0 Å². The Morgan fingerprint density at radius 1 is 1.50 bits per heavy atom. The minimum Gasteiger partial charge on any atom is -0.370 e. The van der Waals surface area contributed by atoms with Crippen LogP contribution in [0.1, 0.15) is 12.8 Å². The predicted molar refractivity (Wildman–Crippen MR) is 41.7 cm³/mol. The molecule has 2 aliphatic rings. The van der Waals surface area contributed by atoms with E-state index in [-0.39, 0.29) is 0 Å². The molecule has 0 saturated carbocycles. The van der Waals surface area contributed by atoms with E-state index in [1.165, 1.54) is 38.2 Å². The van der Waals surface area contributed by atoms with E-state index in [1.807, 2.05) is 0 Å². The first-order valence-corrected chi connectivity index (χ1v) is 4.03. The lowest BCUT2D eigenvalue weighted by atomic mass is 10.1. The van der Waals surface area contributed by atoms with Crippen LogP contribution in [0, 0.1) is 0 Å². The van der Waals surface area contributed by atoms with Crippen molar-refractivity contribution in [2.45, 2.75) is 18.9 Å². The minimum absolute atomic E-state index is 0.773. The van der Waals surface area contributed by atoms with Gasteiger partial charge in [0, 0.05) is 25.3 Å². The smallest absolute Gasteiger partial charge is 0.0535 e. The summed E-state index contributed by atoms with van der Waals surface area (Å²) in [6.45, 7) is 7.61. The molecule has 0 unspecified atom stereocenters. The molecule has 2 heteroatoms. The quantitative estimate of drug-likeness (QED) is 0.570. The lowest BCUT2D eigenvalue weighted by Gasteiger charge is -2.37. The van der Waals surface area contributed by atoms with E-state index in [4.69, 9.17) is 0 Å². The first-order chi connectivity index (χ1) is 4.88. The molecule has 2 saturated heterocycles. The van der Waals surface area contributed by atoms with Gasteiger partial charge in [0.25, 0.3) is 0 Å². The number of hydrogen-bond donors (Lipinski definition) is 1. The van der Waals surface area contributed by atoms with Crippen LogP contribution in [0.3, 0.4) is 0 Å². The summed E-state index contributed by atoms with van der Waals surface area (Å²) in [4.78, 5) is 2.45. The molecule has 2 rings (SSSR count). The van der Waals surface area contributed by atoms with Crippen LogP contribution in [0.2, 0.25) is 0 Å². The fourth-order valence-electron chi connectivity index (χ4n) is 1.69. The van der Waals surface area contributed by atoms with Crippen LogP contribution in [0.25, 0.3) is 0 Å². The van der Waals surface area contributed by atoms with E-state index in [2.05, 4.69) is 16.8 Å². The lowest BCUT2D eigenvalue weighted by molar-refractivity contribution is 0.212. The number of likely N-dealkylation sites (tertiary alicyclic amines) is 1. The Morgan fingerprint density at radius 3 is 2.70 bits per heavy atom. The van der Waals surface area contributed by atoms with Gasteiger partial charge in [-0.25, -0.2) is 0 Å². The van der Waals surface area contributed by atoms with Gasteiger partial charge in [-0.15, -0.1) is 0 Å². The maximum absolute atomic E-state index is 4.04. The topological polar surface area (TPSA) is 15.3 Å². The molecular weight excluding hydrogens is 124 g/mol. The highest BCUT2D eigenvalue weighted by Gasteiger charge is 2.27. The minimum atomic E-state index is 0.773. The molecule has 10 heavy (non-hydrogen) atoms. The van der Waals surface area contributed by atoms with E-state index >= 15 is 0 Å². The van der Waals surface area contributed by atoms with Crippen LogP contribution in [0.15, 0.2) is 12.3 Å². The van der Waals surface area contributed by atoms with Gasteiger partial charge in [-0.3, -0.25) is 0 Å². The normalized spacial score (nSPS) is 27.2. The third-order valence-electron chi connectivity index (χ3n) is 2.47. The standard InChI is InChI=1S/C8H14N2/c1-7-3-2-4-10(7)8-5-9-6-8/h8-9H,1-6H2. The zero-order valence-electron chi connectivity index (χ0n) is 6.27. The summed E-state index contributed by atoms with van der Waals surface area (Å²) in [5.41, 5.74) is 1.35. The van der Waals surface area contributed by atoms with Crippen molar-refractivity contribution < 1.29 is 0 Å². The fourth-order valence-corrected chi connectivity index (χ4v) is 1.69. The first-order valence-electron chi connectivity index (χ1n) is 4.03. The van der Waals surface area contributed by atoms with Gasteiger partial charge in [-0.05, 0) is 12.8 Å². The molecule has 0 radical (unpaired) electrons. The molecular formula is C8H14N2. The Labute approximate surface area is 61.9 Å². The summed E-state index contributed by atoms with van der Waals surface area (Å²) >= 11 is 0. The number of hydrogen-bond acceptors (Lipinski definition) is 2. The van der Waals surface area contributed by atoms with Gasteiger partial charge >= 0.3 is 0 Å². The maximum atomic E-state index is 4.04. The van der Waals surface area contributed by atoms with E-state index in [0.29, 0.717) is 0 Å². The molecule has 0 aromatic heterocycles. The molecule has 0 aliphatic carbocycles. The molecule has 0 amide bonds. The van der Waals surface area contributed by atoms with Gasteiger partial charge in [0.05, 0.1) is 6.04 Å². The monoisotopic (exact) mass is 138 g/mol. The average molecular weight is 138 g/mol. The van der Waals surface area contributed by atoms with Crippen molar-refractivity contribution in [1.82, 2.24) is 10.2 Å².